The van der Waals surface area contributed by atoms with Gasteiger partial charge in [-0.3, -0.25) is 0 Å². The lowest BCUT2D eigenvalue weighted by atomic mass is 10.0. The molecule has 0 saturated heterocycles. The van der Waals surface area contributed by atoms with Crippen molar-refractivity contribution >= 4 is 45.8 Å². The number of benzene rings is 2. The molecule has 0 aliphatic heterocycles. The maximum Gasteiger partial charge on any atom is 0.134 e. The highest BCUT2D eigenvalue weighted by Crippen LogP contribution is 2.36. The molecular formula is C13H6Cl2F3I. The average Bonchev–Trinajstić information content (AvgIpc) is 2.30. The molecule has 0 aliphatic rings. The molecule has 0 heterocycles. The number of hydrogen-bond acceptors (Lipinski definition) is 0. The van der Waals surface area contributed by atoms with Gasteiger partial charge in [0.15, 0.2) is 0 Å². The zero-order valence-electron chi connectivity index (χ0n) is 9.23. The van der Waals surface area contributed by atoms with Crippen LogP contribution in [0, 0.1) is 21.0 Å². The van der Waals surface area contributed by atoms with Crippen LogP contribution in [0.25, 0.3) is 0 Å². The summed E-state index contributed by atoms with van der Waals surface area (Å²) < 4.78 is 40.9. The van der Waals surface area contributed by atoms with E-state index in [-0.39, 0.29) is 5.56 Å². The van der Waals surface area contributed by atoms with Gasteiger partial charge in [0, 0.05) is 26.3 Å². The van der Waals surface area contributed by atoms with Crippen LogP contribution in [-0.4, -0.2) is 0 Å². The minimum absolute atomic E-state index is 0.386. The Morgan fingerprint density at radius 2 is 1.58 bits per heavy atom. The first kappa shape index (κ1) is 14.9. The Balaban J connectivity index is 2.56. The second-order valence-electron chi connectivity index (χ2n) is 3.81. The molecule has 0 saturated carbocycles. The first-order valence-electron chi connectivity index (χ1n) is 5.13. The summed E-state index contributed by atoms with van der Waals surface area (Å²) >= 11 is 13.9. The number of hydrogen-bond donors (Lipinski definition) is 0. The minimum Gasteiger partial charge on any atom is -0.207 e. The molecule has 2 rings (SSSR count). The van der Waals surface area contributed by atoms with Crippen LogP contribution in [0.15, 0.2) is 30.3 Å². The highest BCUT2D eigenvalue weighted by atomic mass is 127. The lowest BCUT2D eigenvalue weighted by molar-refractivity contribution is 0.526. The Kier molecular flexibility index (Phi) is 4.63. The summed E-state index contributed by atoms with van der Waals surface area (Å²) in [6.45, 7) is 0. The molecule has 0 aromatic heterocycles. The Hall–Kier alpha value is -0.460. The maximum atomic E-state index is 13.7. The van der Waals surface area contributed by atoms with E-state index < -0.39 is 22.8 Å². The van der Waals surface area contributed by atoms with Crippen molar-refractivity contribution < 1.29 is 13.2 Å². The SMILES string of the molecule is Fc1cc(F)c(C(Cl)c2cc(Cl)ccc2I)c(F)c1. The highest BCUT2D eigenvalue weighted by molar-refractivity contribution is 14.1. The van der Waals surface area contributed by atoms with Crippen molar-refractivity contribution in [3.63, 3.8) is 0 Å². The van der Waals surface area contributed by atoms with Crippen LogP contribution in [-0.2, 0) is 0 Å². The molecule has 0 N–H and O–H groups in total. The van der Waals surface area contributed by atoms with Crippen LogP contribution < -0.4 is 0 Å². The van der Waals surface area contributed by atoms with Gasteiger partial charge < -0.3 is 0 Å². The lowest BCUT2D eigenvalue weighted by Gasteiger charge is -2.14. The number of rotatable bonds is 2. The van der Waals surface area contributed by atoms with E-state index in [0.717, 1.165) is 0 Å². The van der Waals surface area contributed by atoms with Crippen LogP contribution in [0.4, 0.5) is 13.2 Å². The van der Waals surface area contributed by atoms with Crippen LogP contribution in [0.1, 0.15) is 16.5 Å². The quantitative estimate of drug-likeness (QED) is 0.435. The van der Waals surface area contributed by atoms with Gasteiger partial charge in [-0.25, -0.2) is 13.2 Å². The van der Waals surface area contributed by atoms with Gasteiger partial charge in [0.1, 0.15) is 17.5 Å². The molecule has 0 radical (unpaired) electrons. The van der Waals surface area contributed by atoms with Gasteiger partial charge in [-0.05, 0) is 46.4 Å². The summed E-state index contributed by atoms with van der Waals surface area (Å²) in [6, 6.07) is 6.07. The molecule has 0 aliphatic carbocycles. The summed E-state index contributed by atoms with van der Waals surface area (Å²) in [5.41, 5.74) is 0.0856. The second kappa shape index (κ2) is 5.89. The Labute approximate surface area is 131 Å². The van der Waals surface area contributed by atoms with E-state index in [1.807, 2.05) is 22.6 Å². The highest BCUT2D eigenvalue weighted by Gasteiger charge is 2.23. The van der Waals surface area contributed by atoms with Crippen LogP contribution >= 0.6 is 45.8 Å². The molecule has 2 aromatic carbocycles. The van der Waals surface area contributed by atoms with Crippen LogP contribution in [0.5, 0.6) is 0 Å². The molecule has 0 spiro atoms. The smallest absolute Gasteiger partial charge is 0.134 e. The Bertz CT molecular complexity index is 608. The van der Waals surface area contributed by atoms with E-state index >= 15 is 0 Å². The second-order valence-corrected chi connectivity index (χ2v) is 5.85. The Morgan fingerprint density at radius 3 is 2.16 bits per heavy atom. The standard InChI is InChI=1S/C13H6Cl2F3I/c14-6-1-2-11(19)8(3-6)13(15)12-9(17)4-7(16)5-10(12)18/h1-5,13H. The van der Waals surface area contributed by atoms with E-state index in [0.29, 0.717) is 26.3 Å². The fourth-order valence-electron chi connectivity index (χ4n) is 1.66. The van der Waals surface area contributed by atoms with Crippen LogP contribution in [0.3, 0.4) is 0 Å². The van der Waals surface area contributed by atoms with Gasteiger partial charge in [0.05, 0.1) is 5.38 Å². The Morgan fingerprint density at radius 1 is 1.00 bits per heavy atom. The molecule has 0 fully saturated rings. The molecule has 2 aromatic rings. The molecule has 1 unspecified atom stereocenters. The molecule has 6 heteroatoms. The zero-order chi connectivity index (χ0) is 14.2. The maximum absolute atomic E-state index is 13.7. The van der Waals surface area contributed by atoms with Crippen molar-refractivity contribution in [2.45, 2.75) is 5.38 Å². The third kappa shape index (κ3) is 3.17. The molecule has 0 bridgehead atoms. The summed E-state index contributed by atoms with van der Waals surface area (Å²) in [6.07, 6.45) is 0. The third-order valence-electron chi connectivity index (χ3n) is 2.53. The van der Waals surface area contributed by atoms with Crippen molar-refractivity contribution in [3.05, 3.63) is 67.5 Å². The van der Waals surface area contributed by atoms with Gasteiger partial charge in [-0.1, -0.05) is 11.6 Å². The van der Waals surface area contributed by atoms with Crippen molar-refractivity contribution in [1.82, 2.24) is 0 Å². The number of halogens is 6. The van der Waals surface area contributed by atoms with Crippen molar-refractivity contribution in [2.75, 3.05) is 0 Å². The van der Waals surface area contributed by atoms with Crippen molar-refractivity contribution in [3.8, 4) is 0 Å². The normalized spacial score (nSPS) is 12.5. The average molecular weight is 417 g/mol. The van der Waals surface area contributed by atoms with Crippen molar-refractivity contribution in [2.24, 2.45) is 0 Å². The summed E-state index contributed by atoms with van der Waals surface area (Å²) in [5.74, 6) is -3.02. The molecule has 1 atom stereocenters. The first-order chi connectivity index (χ1) is 8.90. The van der Waals surface area contributed by atoms with E-state index in [4.69, 9.17) is 23.2 Å². The van der Waals surface area contributed by atoms with Gasteiger partial charge in [-0.2, -0.15) is 0 Å². The first-order valence-corrected chi connectivity index (χ1v) is 7.03. The zero-order valence-corrected chi connectivity index (χ0v) is 12.9. The van der Waals surface area contributed by atoms with E-state index in [2.05, 4.69) is 0 Å². The third-order valence-corrected chi connectivity index (χ3v) is 4.20. The summed E-state index contributed by atoms with van der Waals surface area (Å²) in [7, 11) is 0. The molecule has 100 valence electrons. The lowest BCUT2D eigenvalue weighted by Crippen LogP contribution is -2.04. The molecule has 19 heavy (non-hydrogen) atoms. The van der Waals surface area contributed by atoms with E-state index in [1.54, 1.807) is 12.1 Å². The number of alkyl halides is 1. The topological polar surface area (TPSA) is 0 Å². The largest absolute Gasteiger partial charge is 0.207 e. The fraction of sp³-hybridized carbons (Fsp3) is 0.0769. The molecular weight excluding hydrogens is 411 g/mol. The predicted octanol–water partition coefficient (Wildman–Crippen LogP) is 5.69. The predicted molar refractivity (Wildman–Crippen MR) is 78.2 cm³/mol. The summed E-state index contributed by atoms with van der Waals surface area (Å²) in [5, 5.41) is -0.671. The van der Waals surface area contributed by atoms with E-state index in [1.165, 1.54) is 6.07 Å². The van der Waals surface area contributed by atoms with E-state index in [9.17, 15) is 13.2 Å². The summed E-state index contributed by atoms with van der Waals surface area (Å²) in [4.78, 5) is 0. The van der Waals surface area contributed by atoms with Gasteiger partial charge in [-0.15, -0.1) is 11.6 Å². The minimum atomic E-state index is -1.08. The van der Waals surface area contributed by atoms with Crippen LogP contribution in [0.2, 0.25) is 5.02 Å². The van der Waals surface area contributed by atoms with Gasteiger partial charge in [0.2, 0.25) is 0 Å². The van der Waals surface area contributed by atoms with Gasteiger partial charge >= 0.3 is 0 Å². The fourth-order valence-corrected chi connectivity index (χ4v) is 3.06. The molecule has 0 amide bonds. The monoisotopic (exact) mass is 416 g/mol. The van der Waals surface area contributed by atoms with Crippen molar-refractivity contribution in [1.29, 1.82) is 0 Å². The van der Waals surface area contributed by atoms with Gasteiger partial charge in [0.25, 0.3) is 0 Å². The molecule has 0 nitrogen and oxygen atoms in total.